The van der Waals surface area contributed by atoms with Gasteiger partial charge in [-0.05, 0) is 5.92 Å². The van der Waals surface area contributed by atoms with Crippen molar-refractivity contribution in [1.82, 2.24) is 9.80 Å². The Morgan fingerprint density at radius 3 is 2.13 bits per heavy atom. The molecule has 3 atom stereocenters. The van der Waals surface area contributed by atoms with Crippen LogP contribution >= 0.6 is 0 Å². The van der Waals surface area contributed by atoms with Crippen molar-refractivity contribution >= 4 is 0 Å². The molecule has 4 aliphatic heterocycles. The Kier molecular flexibility index (Phi) is 2.14. The molecule has 4 aliphatic rings. The van der Waals surface area contributed by atoms with E-state index in [-0.39, 0.29) is 11.5 Å². The van der Waals surface area contributed by atoms with Crippen molar-refractivity contribution in [1.29, 1.82) is 0 Å². The number of hydrogen-bond acceptors (Lipinski definition) is 3. The lowest BCUT2D eigenvalue weighted by molar-refractivity contribution is -0.137. The molecule has 4 saturated heterocycles. The first-order valence-electron chi connectivity index (χ1n) is 6.24. The van der Waals surface area contributed by atoms with Gasteiger partial charge in [-0.2, -0.15) is 0 Å². The monoisotopic (exact) mass is 210 g/mol. The van der Waals surface area contributed by atoms with Crippen LogP contribution in [-0.2, 0) is 0 Å². The van der Waals surface area contributed by atoms with Gasteiger partial charge in [-0.1, -0.05) is 13.8 Å². The number of piperidine rings is 2. The summed E-state index contributed by atoms with van der Waals surface area (Å²) in [6, 6.07) is 0. The Labute approximate surface area is 92.1 Å². The molecule has 4 fully saturated rings. The molecule has 0 aliphatic carbocycles. The Morgan fingerprint density at radius 1 is 1.13 bits per heavy atom. The molecule has 0 aromatic rings. The minimum Gasteiger partial charge on any atom is -0.392 e. The third-order valence-electron chi connectivity index (χ3n) is 4.94. The first-order valence-corrected chi connectivity index (χ1v) is 6.24. The van der Waals surface area contributed by atoms with Crippen molar-refractivity contribution in [3.8, 4) is 0 Å². The molecule has 4 heterocycles. The van der Waals surface area contributed by atoms with Gasteiger partial charge in [0.1, 0.15) is 0 Å². The van der Waals surface area contributed by atoms with E-state index in [1.165, 1.54) is 13.1 Å². The highest BCUT2D eigenvalue weighted by Gasteiger charge is 2.54. The molecule has 4 rings (SSSR count). The van der Waals surface area contributed by atoms with E-state index in [1.807, 2.05) is 0 Å². The quantitative estimate of drug-likeness (QED) is 0.672. The second kappa shape index (κ2) is 3.19. The fourth-order valence-electron chi connectivity index (χ4n) is 3.92. The highest BCUT2D eigenvalue weighted by atomic mass is 16.3. The molecule has 4 bridgehead atoms. The highest BCUT2D eigenvalue weighted by molar-refractivity contribution is 5.07. The minimum atomic E-state index is -0.0666. The number of hydrogen-bond donors (Lipinski definition) is 1. The standard InChI is InChI=1S/C12H22N2O/c1-9(2)12-7-13-3-4-14(8-12)6-10(5-13)11(12)15/h9-11,15H,3-8H2,1-2H3/t10?,11-,12?/m1/s1. The van der Waals surface area contributed by atoms with Crippen LogP contribution in [0.1, 0.15) is 13.8 Å². The highest BCUT2D eigenvalue weighted by Crippen LogP contribution is 2.45. The smallest absolute Gasteiger partial charge is 0.0676 e. The lowest BCUT2D eigenvalue weighted by atomic mass is 9.64. The molecule has 3 nitrogen and oxygen atoms in total. The first kappa shape index (κ1) is 10.1. The Morgan fingerprint density at radius 2 is 1.67 bits per heavy atom. The predicted molar refractivity (Wildman–Crippen MR) is 59.6 cm³/mol. The molecule has 2 unspecified atom stereocenters. The average molecular weight is 210 g/mol. The van der Waals surface area contributed by atoms with Crippen molar-refractivity contribution in [2.45, 2.75) is 20.0 Å². The van der Waals surface area contributed by atoms with Crippen molar-refractivity contribution in [3.05, 3.63) is 0 Å². The fourth-order valence-corrected chi connectivity index (χ4v) is 3.92. The van der Waals surface area contributed by atoms with E-state index in [9.17, 15) is 5.11 Å². The van der Waals surface area contributed by atoms with Crippen LogP contribution in [0.5, 0.6) is 0 Å². The summed E-state index contributed by atoms with van der Waals surface area (Å²) in [6.45, 7) is 11.4. The Hall–Kier alpha value is -0.120. The van der Waals surface area contributed by atoms with Crippen molar-refractivity contribution < 1.29 is 5.11 Å². The van der Waals surface area contributed by atoms with E-state index < -0.39 is 0 Å². The molecule has 15 heavy (non-hydrogen) atoms. The van der Waals surface area contributed by atoms with Gasteiger partial charge in [0.2, 0.25) is 0 Å². The van der Waals surface area contributed by atoms with Gasteiger partial charge < -0.3 is 14.9 Å². The van der Waals surface area contributed by atoms with Crippen LogP contribution in [0.25, 0.3) is 0 Å². The molecule has 1 N–H and O–H groups in total. The number of aliphatic hydroxyl groups excluding tert-OH is 1. The van der Waals surface area contributed by atoms with Gasteiger partial charge >= 0.3 is 0 Å². The van der Waals surface area contributed by atoms with Crippen LogP contribution in [0.2, 0.25) is 0 Å². The maximum absolute atomic E-state index is 10.5. The molecule has 0 saturated carbocycles. The average Bonchev–Trinajstić information content (AvgIpc) is 2.41. The van der Waals surface area contributed by atoms with Crippen LogP contribution in [0.15, 0.2) is 0 Å². The maximum Gasteiger partial charge on any atom is 0.0676 e. The maximum atomic E-state index is 10.5. The Bertz CT molecular complexity index is 250. The molecule has 86 valence electrons. The van der Waals surface area contributed by atoms with Gasteiger partial charge in [-0.3, -0.25) is 0 Å². The normalized spacial score (nSPS) is 53.6. The summed E-state index contributed by atoms with van der Waals surface area (Å²) in [7, 11) is 0. The lowest BCUT2D eigenvalue weighted by Gasteiger charge is -2.55. The second-order valence-electron chi connectivity index (χ2n) is 6.06. The summed E-state index contributed by atoms with van der Waals surface area (Å²) in [6.07, 6.45) is -0.0666. The van der Waals surface area contributed by atoms with Gasteiger partial charge in [-0.15, -0.1) is 0 Å². The van der Waals surface area contributed by atoms with Crippen LogP contribution in [-0.4, -0.2) is 60.3 Å². The SMILES string of the molecule is CC(C)C12CN3CCN(CC(C3)[C@H]1O)C2. The lowest BCUT2D eigenvalue weighted by Crippen LogP contribution is -2.65. The summed E-state index contributed by atoms with van der Waals surface area (Å²) in [5.74, 6) is 1.08. The number of aliphatic hydroxyl groups is 1. The van der Waals surface area contributed by atoms with Gasteiger partial charge in [0.15, 0.2) is 0 Å². The van der Waals surface area contributed by atoms with E-state index in [0.29, 0.717) is 11.8 Å². The van der Waals surface area contributed by atoms with E-state index >= 15 is 0 Å². The number of nitrogens with zero attached hydrogens (tertiary/aromatic N) is 2. The molecular weight excluding hydrogens is 188 g/mol. The van der Waals surface area contributed by atoms with Gasteiger partial charge in [0.05, 0.1) is 6.10 Å². The largest absolute Gasteiger partial charge is 0.392 e. The van der Waals surface area contributed by atoms with Crippen molar-refractivity contribution in [2.75, 3.05) is 39.3 Å². The second-order valence-corrected chi connectivity index (χ2v) is 6.06. The van der Waals surface area contributed by atoms with E-state index in [1.54, 1.807) is 0 Å². The molecule has 0 spiro atoms. The molecule has 0 aromatic carbocycles. The number of fused-ring (bicyclic) bond motifs is 1. The molecule has 0 radical (unpaired) electrons. The van der Waals surface area contributed by atoms with Gasteiger partial charge in [0, 0.05) is 50.6 Å². The van der Waals surface area contributed by atoms with Crippen molar-refractivity contribution in [2.24, 2.45) is 17.3 Å². The van der Waals surface area contributed by atoms with E-state index in [4.69, 9.17) is 0 Å². The first-order chi connectivity index (χ1) is 7.12. The Balaban J connectivity index is 1.99. The molecular formula is C12H22N2O. The third kappa shape index (κ3) is 1.30. The topological polar surface area (TPSA) is 26.7 Å². The van der Waals surface area contributed by atoms with Crippen molar-refractivity contribution in [3.63, 3.8) is 0 Å². The minimum absolute atomic E-state index is 0.0666. The zero-order chi connectivity index (χ0) is 10.6. The summed E-state index contributed by atoms with van der Waals surface area (Å²) in [4.78, 5) is 5.15. The molecule has 0 aromatic heterocycles. The van der Waals surface area contributed by atoms with Crippen LogP contribution in [0.4, 0.5) is 0 Å². The summed E-state index contributed by atoms with van der Waals surface area (Å²) >= 11 is 0. The van der Waals surface area contributed by atoms with Crippen LogP contribution in [0.3, 0.4) is 0 Å². The summed E-state index contributed by atoms with van der Waals surface area (Å²) < 4.78 is 0. The molecule has 3 heteroatoms. The number of rotatable bonds is 1. The third-order valence-corrected chi connectivity index (χ3v) is 4.94. The fraction of sp³-hybridized carbons (Fsp3) is 1.00. The predicted octanol–water partition coefficient (Wildman–Crippen LogP) is 0.251. The van der Waals surface area contributed by atoms with Crippen LogP contribution < -0.4 is 0 Å². The zero-order valence-corrected chi connectivity index (χ0v) is 9.82. The van der Waals surface area contributed by atoms with Gasteiger partial charge in [0.25, 0.3) is 0 Å². The molecule has 0 amide bonds. The zero-order valence-electron chi connectivity index (χ0n) is 9.82. The van der Waals surface area contributed by atoms with Crippen LogP contribution in [0, 0.1) is 17.3 Å². The summed E-state index contributed by atoms with van der Waals surface area (Å²) in [5, 5.41) is 10.5. The van der Waals surface area contributed by atoms with E-state index in [2.05, 4.69) is 23.6 Å². The summed E-state index contributed by atoms with van der Waals surface area (Å²) in [5.41, 5.74) is 0.150. The van der Waals surface area contributed by atoms with Gasteiger partial charge in [-0.25, -0.2) is 0 Å². The van der Waals surface area contributed by atoms with E-state index in [0.717, 1.165) is 26.2 Å².